The molecule has 1 aromatic heterocycles. The van der Waals surface area contributed by atoms with Crippen molar-refractivity contribution in [1.82, 2.24) is 15.0 Å². The van der Waals surface area contributed by atoms with Gasteiger partial charge in [-0.05, 0) is 45.2 Å². The molecule has 2 saturated heterocycles. The second-order valence-electron chi connectivity index (χ2n) is 5.85. The van der Waals surface area contributed by atoms with E-state index in [2.05, 4.69) is 15.0 Å². The van der Waals surface area contributed by atoms with Crippen LogP contribution in [0.15, 0.2) is 4.52 Å². The minimum absolute atomic E-state index is 0.155. The highest BCUT2D eigenvalue weighted by atomic mass is 16.5. The van der Waals surface area contributed by atoms with Gasteiger partial charge >= 0.3 is 0 Å². The lowest BCUT2D eigenvalue weighted by Gasteiger charge is -2.20. The fraction of sp³-hybridized carbons (Fsp3) is 0.857. The normalized spacial score (nSPS) is 25.9. The summed E-state index contributed by atoms with van der Waals surface area (Å²) in [4.78, 5) is 6.80. The van der Waals surface area contributed by atoms with Gasteiger partial charge < -0.3 is 19.9 Å². The van der Waals surface area contributed by atoms with Crippen molar-refractivity contribution in [3.63, 3.8) is 0 Å². The molecular weight excluding hydrogens is 256 g/mol. The molecule has 2 N–H and O–H groups in total. The highest BCUT2D eigenvalue weighted by Crippen LogP contribution is 2.18. The molecule has 6 nitrogen and oxygen atoms in total. The summed E-state index contributed by atoms with van der Waals surface area (Å²) >= 11 is 0. The number of hydrogen-bond acceptors (Lipinski definition) is 6. The van der Waals surface area contributed by atoms with Gasteiger partial charge in [-0.1, -0.05) is 5.16 Å². The molecular formula is C14H24N4O2. The zero-order valence-corrected chi connectivity index (χ0v) is 12.0. The maximum Gasteiger partial charge on any atom is 0.229 e. The summed E-state index contributed by atoms with van der Waals surface area (Å²) < 4.78 is 11.0. The Morgan fingerprint density at radius 2 is 2.10 bits per heavy atom. The van der Waals surface area contributed by atoms with Crippen LogP contribution in [0.25, 0.3) is 0 Å². The summed E-state index contributed by atoms with van der Waals surface area (Å²) in [7, 11) is 0. The van der Waals surface area contributed by atoms with E-state index in [0.717, 1.165) is 39.1 Å². The fourth-order valence-corrected chi connectivity index (χ4v) is 2.99. The van der Waals surface area contributed by atoms with Crippen LogP contribution in [0.3, 0.4) is 0 Å². The minimum atomic E-state index is -0.155. The van der Waals surface area contributed by atoms with E-state index in [-0.39, 0.29) is 12.1 Å². The Labute approximate surface area is 119 Å². The van der Waals surface area contributed by atoms with Crippen LogP contribution < -0.4 is 5.73 Å². The number of nitrogens with two attached hydrogens (primary N) is 1. The largest absolute Gasteiger partial charge is 0.378 e. The first kappa shape index (κ1) is 14.0. The van der Waals surface area contributed by atoms with Gasteiger partial charge in [-0.25, -0.2) is 0 Å². The lowest BCUT2D eigenvalue weighted by atomic mass is 10.1. The molecule has 0 aromatic carbocycles. The lowest BCUT2D eigenvalue weighted by molar-refractivity contribution is 0.0124. The Balaban J connectivity index is 1.52. The third kappa shape index (κ3) is 3.56. The van der Waals surface area contributed by atoms with Gasteiger partial charge in [-0.2, -0.15) is 4.98 Å². The van der Waals surface area contributed by atoms with Gasteiger partial charge in [0, 0.05) is 13.2 Å². The first-order valence-corrected chi connectivity index (χ1v) is 7.73. The van der Waals surface area contributed by atoms with Crippen molar-refractivity contribution < 1.29 is 9.26 Å². The molecule has 2 aliphatic heterocycles. The monoisotopic (exact) mass is 280 g/mol. The molecule has 0 amide bonds. The summed E-state index contributed by atoms with van der Waals surface area (Å²) in [5.74, 6) is 1.28. The quantitative estimate of drug-likeness (QED) is 0.875. The number of nitrogens with zero attached hydrogens (tertiary/aromatic N) is 3. The molecule has 0 radical (unpaired) electrons. The lowest BCUT2D eigenvalue weighted by Crippen LogP contribution is -2.30. The number of likely N-dealkylation sites (tertiary alicyclic amines) is 1. The Morgan fingerprint density at radius 1 is 1.25 bits per heavy atom. The molecule has 0 bridgehead atoms. The smallest absolute Gasteiger partial charge is 0.229 e. The van der Waals surface area contributed by atoms with Crippen LogP contribution in [0, 0.1) is 0 Å². The van der Waals surface area contributed by atoms with E-state index in [9.17, 15) is 0 Å². The van der Waals surface area contributed by atoms with Crippen LogP contribution in [0.5, 0.6) is 0 Å². The zero-order chi connectivity index (χ0) is 13.8. The molecule has 2 atom stereocenters. The van der Waals surface area contributed by atoms with Crippen LogP contribution in [0.1, 0.15) is 49.9 Å². The minimum Gasteiger partial charge on any atom is -0.378 e. The van der Waals surface area contributed by atoms with Crippen LogP contribution >= 0.6 is 0 Å². The third-order valence-corrected chi connectivity index (χ3v) is 4.15. The predicted octanol–water partition coefficient (Wildman–Crippen LogP) is 1.28. The molecule has 2 unspecified atom stereocenters. The van der Waals surface area contributed by atoms with Crippen LogP contribution in [0.2, 0.25) is 0 Å². The fourth-order valence-electron chi connectivity index (χ4n) is 2.99. The van der Waals surface area contributed by atoms with Gasteiger partial charge in [0.2, 0.25) is 5.89 Å². The van der Waals surface area contributed by atoms with Crippen LogP contribution in [-0.2, 0) is 11.2 Å². The Kier molecular flexibility index (Phi) is 4.65. The van der Waals surface area contributed by atoms with Crippen molar-refractivity contribution in [1.29, 1.82) is 0 Å². The third-order valence-electron chi connectivity index (χ3n) is 4.15. The van der Waals surface area contributed by atoms with E-state index < -0.39 is 0 Å². The Hall–Kier alpha value is -0.980. The first-order valence-electron chi connectivity index (χ1n) is 7.73. The van der Waals surface area contributed by atoms with Gasteiger partial charge in [-0.15, -0.1) is 0 Å². The van der Waals surface area contributed by atoms with E-state index in [4.69, 9.17) is 15.0 Å². The molecule has 0 spiro atoms. The van der Waals surface area contributed by atoms with E-state index in [1.54, 1.807) is 0 Å². The van der Waals surface area contributed by atoms with Gasteiger partial charge in [0.05, 0.1) is 18.6 Å². The molecule has 112 valence electrons. The second-order valence-corrected chi connectivity index (χ2v) is 5.85. The molecule has 3 rings (SSSR count). The summed E-state index contributed by atoms with van der Waals surface area (Å²) in [5.41, 5.74) is 6.16. The molecule has 2 fully saturated rings. The Bertz CT molecular complexity index is 411. The molecule has 1 aromatic rings. The average molecular weight is 280 g/mol. The summed E-state index contributed by atoms with van der Waals surface area (Å²) in [6.45, 7) is 3.93. The van der Waals surface area contributed by atoms with E-state index in [1.165, 1.54) is 19.3 Å². The zero-order valence-electron chi connectivity index (χ0n) is 12.0. The average Bonchev–Trinajstić information content (AvgIpc) is 3.11. The topological polar surface area (TPSA) is 77.4 Å². The molecule has 0 aliphatic carbocycles. The second kappa shape index (κ2) is 6.65. The van der Waals surface area contributed by atoms with Crippen molar-refractivity contribution in [2.45, 2.75) is 50.7 Å². The highest BCUT2D eigenvalue weighted by Gasteiger charge is 2.22. The predicted molar refractivity (Wildman–Crippen MR) is 74.2 cm³/mol. The van der Waals surface area contributed by atoms with Crippen LogP contribution in [-0.4, -0.2) is 47.4 Å². The van der Waals surface area contributed by atoms with Crippen molar-refractivity contribution in [3.05, 3.63) is 11.7 Å². The van der Waals surface area contributed by atoms with Crippen LogP contribution in [0.4, 0.5) is 0 Å². The molecule has 20 heavy (non-hydrogen) atoms. The number of ether oxygens (including phenoxy) is 1. The van der Waals surface area contributed by atoms with Gasteiger partial charge in [0.1, 0.15) is 0 Å². The first-order chi connectivity index (χ1) is 9.81. The van der Waals surface area contributed by atoms with Crippen molar-refractivity contribution >= 4 is 0 Å². The van der Waals surface area contributed by atoms with E-state index in [1.807, 2.05) is 0 Å². The number of hydrogen-bond donors (Lipinski definition) is 1. The van der Waals surface area contributed by atoms with Gasteiger partial charge in [0.15, 0.2) is 5.82 Å². The summed E-state index contributed by atoms with van der Waals surface area (Å²) in [6.07, 6.45) is 6.94. The Morgan fingerprint density at radius 3 is 2.85 bits per heavy atom. The summed E-state index contributed by atoms with van der Waals surface area (Å²) in [5, 5.41) is 4.03. The highest BCUT2D eigenvalue weighted by molar-refractivity contribution is 4.95. The van der Waals surface area contributed by atoms with Crippen molar-refractivity contribution in [2.75, 3.05) is 26.2 Å². The van der Waals surface area contributed by atoms with E-state index in [0.29, 0.717) is 18.1 Å². The van der Waals surface area contributed by atoms with Crippen molar-refractivity contribution in [2.24, 2.45) is 5.73 Å². The van der Waals surface area contributed by atoms with Crippen molar-refractivity contribution in [3.8, 4) is 0 Å². The molecule has 0 saturated carbocycles. The number of rotatable bonds is 5. The van der Waals surface area contributed by atoms with E-state index >= 15 is 0 Å². The van der Waals surface area contributed by atoms with Gasteiger partial charge in [-0.3, -0.25) is 0 Å². The number of aromatic nitrogens is 2. The van der Waals surface area contributed by atoms with Gasteiger partial charge in [0.25, 0.3) is 0 Å². The molecule has 3 heterocycles. The molecule has 6 heteroatoms. The standard InChI is InChI=1S/C14H24N4O2/c15-12(10-18-6-2-3-7-18)14-16-13(20-17-14)9-11-5-1-4-8-19-11/h11-12H,1-10,15H2. The maximum atomic E-state index is 6.16. The molecule has 2 aliphatic rings. The summed E-state index contributed by atoms with van der Waals surface area (Å²) in [6, 6.07) is -0.155. The SMILES string of the molecule is NC(CN1CCCC1)c1noc(CC2CCCCO2)n1. The maximum absolute atomic E-state index is 6.16.